The van der Waals surface area contributed by atoms with Gasteiger partial charge in [0.25, 0.3) is 0 Å². The zero-order chi connectivity index (χ0) is 20.3. The first kappa shape index (κ1) is 18.6. The van der Waals surface area contributed by atoms with Gasteiger partial charge in [0.2, 0.25) is 0 Å². The Hall–Kier alpha value is -3.45. The van der Waals surface area contributed by atoms with Crippen molar-refractivity contribution in [1.82, 2.24) is 14.9 Å². The van der Waals surface area contributed by atoms with E-state index in [0.717, 1.165) is 60.1 Å². The molecule has 7 nitrogen and oxygen atoms in total. The third kappa shape index (κ3) is 3.84. The van der Waals surface area contributed by atoms with Gasteiger partial charge in [0.15, 0.2) is 0 Å². The fourth-order valence-electron chi connectivity index (χ4n) is 3.76. The molecule has 0 unspecified atom stereocenters. The van der Waals surface area contributed by atoms with Crippen LogP contribution in [0, 0.1) is 0 Å². The zero-order valence-electron chi connectivity index (χ0n) is 17.0. The van der Waals surface area contributed by atoms with Crippen LogP contribution in [0.15, 0.2) is 64.8 Å². The fraction of sp³-hybridized carbons (Fsp3) is 0.261. The summed E-state index contributed by atoms with van der Waals surface area (Å²) in [6.45, 7) is 4.69. The normalized spacial score (nSPS) is 17.9. The highest BCUT2D eigenvalue weighted by molar-refractivity contribution is 5.94. The first-order valence-corrected chi connectivity index (χ1v) is 10.1. The molecule has 0 atom stereocenters. The third-order valence-electron chi connectivity index (χ3n) is 5.61. The first-order chi connectivity index (χ1) is 14.8. The molecule has 30 heavy (non-hydrogen) atoms. The minimum absolute atomic E-state index is 0.627. The van der Waals surface area contributed by atoms with Gasteiger partial charge in [0.1, 0.15) is 11.6 Å². The Morgan fingerprint density at radius 2 is 1.93 bits per heavy atom. The Morgan fingerprint density at radius 3 is 2.70 bits per heavy atom. The smallest absolute Gasteiger partial charge is 0.148 e. The number of nitrogens with zero attached hydrogens (tertiary/aromatic N) is 5. The molecule has 0 saturated carbocycles. The average molecular weight is 400 g/mol. The molecular formula is C23H24N6O. The maximum Gasteiger partial charge on any atom is 0.148 e. The Labute approximate surface area is 175 Å². The van der Waals surface area contributed by atoms with Gasteiger partial charge in [0, 0.05) is 44.2 Å². The second-order valence-corrected chi connectivity index (χ2v) is 7.65. The lowest BCUT2D eigenvalue weighted by atomic mass is 9.94. The highest BCUT2D eigenvalue weighted by atomic mass is 16.3. The number of anilines is 2. The molecule has 1 aromatic carbocycles. The van der Waals surface area contributed by atoms with Crippen molar-refractivity contribution in [3.63, 3.8) is 0 Å². The number of hydrogen-bond acceptors (Lipinski definition) is 7. The molecule has 0 bridgehead atoms. The number of nitrogens with one attached hydrogen (secondary N) is 1. The van der Waals surface area contributed by atoms with Gasteiger partial charge < -0.3 is 19.5 Å². The zero-order valence-corrected chi connectivity index (χ0v) is 17.0. The van der Waals surface area contributed by atoms with Crippen LogP contribution >= 0.6 is 0 Å². The third-order valence-corrected chi connectivity index (χ3v) is 5.61. The van der Waals surface area contributed by atoms with E-state index in [-0.39, 0.29) is 0 Å². The predicted molar refractivity (Wildman–Crippen MR) is 120 cm³/mol. The van der Waals surface area contributed by atoms with E-state index < -0.39 is 0 Å². The van der Waals surface area contributed by atoms with Gasteiger partial charge in [-0.15, -0.1) is 0 Å². The Balaban J connectivity index is 1.33. The summed E-state index contributed by atoms with van der Waals surface area (Å²) in [5.74, 6) is 1.65. The van der Waals surface area contributed by atoms with Crippen molar-refractivity contribution in [3.05, 3.63) is 66.5 Å². The number of hydrogen-bond donors (Lipinski definition) is 1. The second-order valence-electron chi connectivity index (χ2n) is 7.65. The Morgan fingerprint density at radius 1 is 1.03 bits per heavy atom. The van der Waals surface area contributed by atoms with Crippen molar-refractivity contribution in [2.75, 3.05) is 50.0 Å². The van der Waals surface area contributed by atoms with Crippen LogP contribution in [0.3, 0.4) is 0 Å². The number of aromatic nitrogens is 2. The molecule has 5 rings (SSSR count). The van der Waals surface area contributed by atoms with Gasteiger partial charge in [-0.2, -0.15) is 0 Å². The van der Waals surface area contributed by atoms with E-state index in [9.17, 15) is 0 Å². The number of piperazine rings is 1. The molecule has 1 N–H and O–H groups in total. The summed E-state index contributed by atoms with van der Waals surface area (Å²) >= 11 is 0. The standard InChI is InChI=1S/C23H24N6O/c1-28-5-7-29(8-6-28)23-15-26-22(14-27-23)25-13-20-12-24-11-18-3-2-17(10-21(18)20)19-4-9-30-16-19/h2-4,9-11,13-16H,5-8,12H2,1H3,(H,25,26)/b20-13+. The fourth-order valence-corrected chi connectivity index (χ4v) is 3.76. The van der Waals surface area contributed by atoms with Gasteiger partial charge in [-0.25, -0.2) is 9.97 Å². The van der Waals surface area contributed by atoms with Crippen LogP contribution in [0.4, 0.5) is 11.6 Å². The summed E-state index contributed by atoms with van der Waals surface area (Å²) in [7, 11) is 2.15. The van der Waals surface area contributed by atoms with Crippen LogP contribution in [0.1, 0.15) is 11.1 Å². The van der Waals surface area contributed by atoms with Gasteiger partial charge >= 0.3 is 0 Å². The molecule has 2 aliphatic heterocycles. The topological polar surface area (TPSA) is 69.8 Å². The number of benzene rings is 1. The number of rotatable bonds is 4. The van der Waals surface area contributed by atoms with E-state index in [0.29, 0.717) is 6.54 Å². The van der Waals surface area contributed by atoms with E-state index in [1.807, 2.05) is 24.7 Å². The van der Waals surface area contributed by atoms with Crippen LogP contribution in [0.25, 0.3) is 16.7 Å². The minimum Gasteiger partial charge on any atom is -0.472 e. The molecule has 0 spiro atoms. The molecule has 2 aliphatic rings. The van der Waals surface area contributed by atoms with Crippen LogP contribution < -0.4 is 10.2 Å². The van der Waals surface area contributed by atoms with Gasteiger partial charge in [-0.05, 0) is 41.4 Å². The van der Waals surface area contributed by atoms with Crippen LogP contribution in [0.5, 0.6) is 0 Å². The van der Waals surface area contributed by atoms with Gasteiger partial charge in [-0.3, -0.25) is 4.99 Å². The van der Waals surface area contributed by atoms with Gasteiger partial charge in [0.05, 0.1) is 31.5 Å². The molecule has 4 heterocycles. The number of likely N-dealkylation sites (N-methyl/N-ethyl adjacent to an activating group) is 1. The highest BCUT2D eigenvalue weighted by Gasteiger charge is 2.16. The van der Waals surface area contributed by atoms with Crippen molar-refractivity contribution < 1.29 is 4.42 Å². The molecule has 7 heteroatoms. The van der Waals surface area contributed by atoms with Crippen molar-refractivity contribution in [2.24, 2.45) is 4.99 Å². The quantitative estimate of drug-likeness (QED) is 0.724. The lowest BCUT2D eigenvalue weighted by molar-refractivity contribution is 0.312. The maximum atomic E-state index is 5.23. The summed E-state index contributed by atoms with van der Waals surface area (Å²) in [5, 5.41) is 3.29. The summed E-state index contributed by atoms with van der Waals surface area (Å²) in [4.78, 5) is 18.2. The Kier molecular flexibility index (Phi) is 5.03. The molecule has 1 fully saturated rings. The van der Waals surface area contributed by atoms with E-state index in [2.05, 4.69) is 55.3 Å². The van der Waals surface area contributed by atoms with E-state index >= 15 is 0 Å². The number of fused-ring (bicyclic) bond motifs is 1. The molecule has 3 aromatic rings. The molecule has 0 aliphatic carbocycles. The van der Waals surface area contributed by atoms with E-state index in [1.54, 1.807) is 18.7 Å². The van der Waals surface area contributed by atoms with Crippen LogP contribution in [0.2, 0.25) is 0 Å². The summed E-state index contributed by atoms with van der Waals surface area (Å²) < 4.78 is 5.23. The van der Waals surface area contributed by atoms with E-state index in [1.165, 1.54) is 5.56 Å². The molecule has 152 valence electrons. The molecule has 1 saturated heterocycles. The largest absolute Gasteiger partial charge is 0.472 e. The van der Waals surface area contributed by atoms with E-state index in [4.69, 9.17) is 4.42 Å². The summed E-state index contributed by atoms with van der Waals surface area (Å²) in [6, 6.07) is 8.34. The van der Waals surface area contributed by atoms with Crippen molar-refractivity contribution in [2.45, 2.75) is 0 Å². The monoisotopic (exact) mass is 400 g/mol. The van der Waals surface area contributed by atoms with Gasteiger partial charge in [-0.1, -0.05) is 12.1 Å². The van der Waals surface area contributed by atoms with Crippen LogP contribution in [-0.2, 0) is 0 Å². The SMILES string of the molecule is CN1CCN(c2cnc(N/C=C3\CN=Cc4ccc(-c5ccoc5)cc43)cn2)CC1. The number of furan rings is 1. The maximum absolute atomic E-state index is 5.23. The molecule has 0 radical (unpaired) electrons. The average Bonchev–Trinajstić information content (AvgIpc) is 3.33. The summed E-state index contributed by atoms with van der Waals surface area (Å²) in [6.07, 6.45) is 11.0. The Bertz CT molecular complexity index is 1060. The minimum atomic E-state index is 0.627. The summed E-state index contributed by atoms with van der Waals surface area (Å²) in [5.41, 5.74) is 5.58. The predicted octanol–water partition coefficient (Wildman–Crippen LogP) is 3.37. The second kappa shape index (κ2) is 8.12. The lowest BCUT2D eigenvalue weighted by Crippen LogP contribution is -2.44. The first-order valence-electron chi connectivity index (χ1n) is 10.1. The van der Waals surface area contributed by atoms with Crippen molar-refractivity contribution in [1.29, 1.82) is 0 Å². The molecule has 2 aromatic heterocycles. The van der Waals surface area contributed by atoms with Crippen molar-refractivity contribution in [3.8, 4) is 11.1 Å². The highest BCUT2D eigenvalue weighted by Crippen LogP contribution is 2.29. The lowest BCUT2D eigenvalue weighted by Gasteiger charge is -2.32. The van der Waals surface area contributed by atoms with Crippen LogP contribution in [-0.4, -0.2) is 60.9 Å². The number of aliphatic imine (C=N–C) groups is 1. The molecular weight excluding hydrogens is 376 g/mol. The molecule has 0 amide bonds. The van der Waals surface area contributed by atoms with Crippen molar-refractivity contribution >= 4 is 23.4 Å².